The van der Waals surface area contributed by atoms with Gasteiger partial charge in [-0.3, -0.25) is 4.68 Å². The van der Waals surface area contributed by atoms with E-state index >= 15 is 0 Å². The van der Waals surface area contributed by atoms with Crippen LogP contribution in [0, 0.1) is 13.8 Å². The number of aryl methyl sites for hydroxylation is 3. The number of nitrogens with zero attached hydrogens (tertiary/aromatic N) is 3. The van der Waals surface area contributed by atoms with E-state index in [0.29, 0.717) is 6.42 Å². The quantitative estimate of drug-likeness (QED) is 0.906. The number of hydrogen-bond donors (Lipinski definition) is 1. The van der Waals surface area contributed by atoms with Crippen molar-refractivity contribution >= 4 is 11.3 Å². The maximum Gasteiger partial charge on any atom is 0.102 e. The molecule has 0 amide bonds. The van der Waals surface area contributed by atoms with E-state index in [1.807, 2.05) is 24.6 Å². The van der Waals surface area contributed by atoms with E-state index < -0.39 is 6.10 Å². The van der Waals surface area contributed by atoms with Crippen molar-refractivity contribution in [2.75, 3.05) is 0 Å². The van der Waals surface area contributed by atoms with Crippen LogP contribution in [0.3, 0.4) is 0 Å². The van der Waals surface area contributed by atoms with Crippen molar-refractivity contribution < 1.29 is 5.11 Å². The largest absolute Gasteiger partial charge is 0.386 e. The minimum absolute atomic E-state index is 0.526. The molecule has 2 aromatic heterocycles. The van der Waals surface area contributed by atoms with Crippen LogP contribution in [0.4, 0.5) is 0 Å². The first-order valence-electron chi connectivity index (χ1n) is 5.74. The highest BCUT2D eigenvalue weighted by Crippen LogP contribution is 2.23. The molecule has 0 spiro atoms. The Morgan fingerprint density at radius 3 is 2.82 bits per heavy atom. The van der Waals surface area contributed by atoms with E-state index in [2.05, 4.69) is 17.0 Å². The van der Waals surface area contributed by atoms with Gasteiger partial charge in [-0.05, 0) is 26.8 Å². The first-order chi connectivity index (χ1) is 8.11. The average molecular weight is 251 g/mol. The minimum Gasteiger partial charge on any atom is -0.386 e. The van der Waals surface area contributed by atoms with Crippen LogP contribution in [-0.2, 0) is 13.0 Å². The molecule has 0 aliphatic heterocycles. The lowest BCUT2D eigenvalue weighted by molar-refractivity contribution is 0.167. The van der Waals surface area contributed by atoms with E-state index in [0.717, 1.165) is 22.9 Å². The number of aliphatic hydroxyl groups is 1. The molecule has 2 rings (SSSR count). The first-order valence-corrected chi connectivity index (χ1v) is 6.56. The Bertz CT molecular complexity index is 484. The first kappa shape index (κ1) is 12.3. The Morgan fingerprint density at radius 2 is 2.24 bits per heavy atom. The third kappa shape index (κ3) is 2.56. The van der Waals surface area contributed by atoms with Crippen LogP contribution in [0.2, 0.25) is 0 Å². The van der Waals surface area contributed by atoms with Crippen molar-refractivity contribution in [1.29, 1.82) is 0 Å². The van der Waals surface area contributed by atoms with Crippen LogP contribution in [-0.4, -0.2) is 19.9 Å². The lowest BCUT2D eigenvalue weighted by Crippen LogP contribution is -2.10. The van der Waals surface area contributed by atoms with Crippen LogP contribution in [0.5, 0.6) is 0 Å². The van der Waals surface area contributed by atoms with Crippen LogP contribution in [0.15, 0.2) is 12.3 Å². The summed E-state index contributed by atoms with van der Waals surface area (Å²) in [6, 6.07) is 1.86. The van der Waals surface area contributed by atoms with Gasteiger partial charge in [0, 0.05) is 24.0 Å². The zero-order valence-electron chi connectivity index (χ0n) is 10.3. The number of aromatic nitrogens is 3. The van der Waals surface area contributed by atoms with Crippen molar-refractivity contribution in [3.63, 3.8) is 0 Å². The van der Waals surface area contributed by atoms with Crippen LogP contribution in [0.25, 0.3) is 0 Å². The van der Waals surface area contributed by atoms with Gasteiger partial charge in [-0.15, -0.1) is 11.3 Å². The summed E-state index contributed by atoms with van der Waals surface area (Å²) in [6.45, 7) is 6.84. The maximum atomic E-state index is 10.2. The molecule has 0 saturated carbocycles. The molecule has 0 saturated heterocycles. The fourth-order valence-corrected chi connectivity index (χ4v) is 2.76. The van der Waals surface area contributed by atoms with Gasteiger partial charge in [0.2, 0.25) is 0 Å². The number of thiazole rings is 1. The van der Waals surface area contributed by atoms with Gasteiger partial charge in [0.1, 0.15) is 6.10 Å². The monoisotopic (exact) mass is 251 g/mol. The Morgan fingerprint density at radius 1 is 1.47 bits per heavy atom. The molecule has 0 aromatic carbocycles. The third-order valence-corrected chi connectivity index (χ3v) is 3.93. The molecule has 1 N–H and O–H groups in total. The molecule has 0 aliphatic rings. The summed E-state index contributed by atoms with van der Waals surface area (Å²) in [7, 11) is 0. The Balaban J connectivity index is 2.14. The Kier molecular flexibility index (Phi) is 3.59. The number of rotatable bonds is 4. The topological polar surface area (TPSA) is 50.9 Å². The smallest absolute Gasteiger partial charge is 0.102 e. The van der Waals surface area contributed by atoms with Gasteiger partial charge in [-0.25, -0.2) is 4.98 Å². The summed E-state index contributed by atoms with van der Waals surface area (Å²) in [5, 5.41) is 15.3. The SMILES string of the molecule is CCn1nccc1C(O)Cc1nc(C)c(C)s1. The second kappa shape index (κ2) is 4.98. The molecule has 0 aliphatic carbocycles. The summed E-state index contributed by atoms with van der Waals surface area (Å²) >= 11 is 1.65. The maximum absolute atomic E-state index is 10.2. The zero-order valence-corrected chi connectivity index (χ0v) is 11.2. The van der Waals surface area contributed by atoms with E-state index in [9.17, 15) is 5.11 Å². The second-order valence-electron chi connectivity index (χ2n) is 4.04. The molecule has 4 nitrogen and oxygen atoms in total. The summed E-state index contributed by atoms with van der Waals surface area (Å²) in [5.41, 5.74) is 1.92. The Labute approximate surface area is 105 Å². The van der Waals surface area contributed by atoms with E-state index in [1.54, 1.807) is 17.5 Å². The third-order valence-electron chi connectivity index (χ3n) is 2.83. The van der Waals surface area contributed by atoms with Crippen molar-refractivity contribution in [2.24, 2.45) is 0 Å². The highest BCUT2D eigenvalue weighted by atomic mass is 32.1. The molecule has 0 bridgehead atoms. The lowest BCUT2D eigenvalue weighted by Gasteiger charge is -2.10. The molecule has 0 fully saturated rings. The predicted molar refractivity (Wildman–Crippen MR) is 68.2 cm³/mol. The summed E-state index contributed by atoms with van der Waals surface area (Å²) in [5.74, 6) is 0. The number of aliphatic hydroxyl groups excluding tert-OH is 1. The van der Waals surface area contributed by atoms with Crippen LogP contribution >= 0.6 is 11.3 Å². The standard InChI is InChI=1S/C12H17N3OS/c1-4-15-10(5-6-13-15)11(16)7-12-14-8(2)9(3)17-12/h5-6,11,16H,4,7H2,1-3H3. The molecule has 5 heteroatoms. The molecule has 2 aromatic rings. The second-order valence-corrected chi connectivity index (χ2v) is 5.33. The lowest BCUT2D eigenvalue weighted by atomic mass is 10.2. The molecule has 2 heterocycles. The van der Waals surface area contributed by atoms with Gasteiger partial charge >= 0.3 is 0 Å². The van der Waals surface area contributed by atoms with Crippen LogP contribution < -0.4 is 0 Å². The Hall–Kier alpha value is -1.20. The minimum atomic E-state index is -0.526. The normalized spacial score (nSPS) is 12.9. The van der Waals surface area contributed by atoms with Gasteiger partial charge < -0.3 is 5.11 Å². The van der Waals surface area contributed by atoms with Crippen molar-refractivity contribution in [3.8, 4) is 0 Å². The predicted octanol–water partition coefficient (Wildman–Crippen LogP) is 2.25. The molecule has 92 valence electrons. The summed E-state index contributed by atoms with van der Waals surface area (Å²) < 4.78 is 1.82. The zero-order chi connectivity index (χ0) is 12.4. The van der Waals surface area contributed by atoms with Gasteiger partial charge in [-0.2, -0.15) is 5.10 Å². The highest BCUT2D eigenvalue weighted by molar-refractivity contribution is 7.11. The van der Waals surface area contributed by atoms with Crippen molar-refractivity contribution in [1.82, 2.24) is 14.8 Å². The molecule has 17 heavy (non-hydrogen) atoms. The van der Waals surface area contributed by atoms with Gasteiger partial charge in [-0.1, -0.05) is 0 Å². The average Bonchev–Trinajstić information content (AvgIpc) is 2.86. The molecule has 0 radical (unpaired) electrons. The molecular formula is C12H17N3OS. The van der Waals surface area contributed by atoms with Crippen molar-refractivity contribution in [3.05, 3.63) is 33.5 Å². The molecule has 1 atom stereocenters. The van der Waals surface area contributed by atoms with Gasteiger partial charge in [0.15, 0.2) is 0 Å². The summed E-state index contributed by atoms with van der Waals surface area (Å²) in [4.78, 5) is 5.66. The fourth-order valence-electron chi connectivity index (χ4n) is 1.79. The molecule has 1 unspecified atom stereocenters. The van der Waals surface area contributed by atoms with E-state index in [-0.39, 0.29) is 0 Å². The van der Waals surface area contributed by atoms with E-state index in [1.165, 1.54) is 4.88 Å². The highest BCUT2D eigenvalue weighted by Gasteiger charge is 2.15. The van der Waals surface area contributed by atoms with E-state index in [4.69, 9.17) is 0 Å². The summed E-state index contributed by atoms with van der Waals surface area (Å²) in [6.07, 6.45) is 1.76. The van der Waals surface area contributed by atoms with Crippen molar-refractivity contribution in [2.45, 2.75) is 39.8 Å². The van der Waals surface area contributed by atoms with Gasteiger partial charge in [0.05, 0.1) is 16.4 Å². The van der Waals surface area contributed by atoms with Gasteiger partial charge in [0.25, 0.3) is 0 Å². The fraction of sp³-hybridized carbons (Fsp3) is 0.500. The number of hydrogen-bond acceptors (Lipinski definition) is 4. The molecular weight excluding hydrogens is 234 g/mol. The van der Waals surface area contributed by atoms with Crippen LogP contribution in [0.1, 0.15) is 34.3 Å².